The molecule has 0 aromatic carbocycles. The van der Waals surface area contributed by atoms with Crippen LogP contribution in [0.5, 0.6) is 0 Å². The van der Waals surface area contributed by atoms with E-state index < -0.39 is 0 Å². The van der Waals surface area contributed by atoms with Gasteiger partial charge in [0.1, 0.15) is 6.61 Å². The van der Waals surface area contributed by atoms with Crippen LogP contribution in [-0.4, -0.2) is 12.6 Å². The zero-order valence-electron chi connectivity index (χ0n) is 29.7. The third-order valence-electron chi connectivity index (χ3n) is 8.96. The molecule has 0 aliphatic heterocycles. The first kappa shape index (κ1) is 41.0. The van der Waals surface area contributed by atoms with Crippen molar-refractivity contribution in [1.82, 2.24) is 0 Å². The van der Waals surface area contributed by atoms with Gasteiger partial charge in [-0.25, -0.2) is 0 Å². The van der Waals surface area contributed by atoms with Crippen molar-refractivity contribution in [2.45, 2.75) is 202 Å². The fourth-order valence-electron chi connectivity index (χ4n) is 5.85. The number of carbonyl (C=O) groups is 1. The molecule has 0 aliphatic carbocycles. The molecule has 0 bridgehead atoms. The molecule has 42 heavy (non-hydrogen) atoms. The van der Waals surface area contributed by atoms with E-state index in [0.717, 1.165) is 37.0 Å². The van der Waals surface area contributed by atoms with Crippen molar-refractivity contribution in [3.63, 3.8) is 0 Å². The number of allylic oxidation sites excluding steroid dienone is 3. The lowest BCUT2D eigenvalue weighted by molar-refractivity contribution is -0.142. The largest absolute Gasteiger partial charge is 0.461 e. The Hall–Kier alpha value is -1.05. The number of rotatable bonds is 31. The predicted molar refractivity (Wildman–Crippen MR) is 188 cm³/mol. The molecule has 0 N–H and O–H groups in total. The van der Waals surface area contributed by atoms with Gasteiger partial charge in [0.25, 0.3) is 0 Å². The highest BCUT2D eigenvalue weighted by atomic mass is 16.5. The Labute approximate surface area is 265 Å². The van der Waals surface area contributed by atoms with E-state index in [1.807, 2.05) is 0 Å². The summed E-state index contributed by atoms with van der Waals surface area (Å²) in [5.41, 5.74) is 1.36. The smallest absolute Gasteiger partial charge is 0.306 e. The van der Waals surface area contributed by atoms with E-state index in [1.165, 1.54) is 140 Å². The molecule has 0 amide bonds. The molecule has 2 heteroatoms. The molecule has 0 unspecified atom stereocenters. The van der Waals surface area contributed by atoms with Gasteiger partial charge in [-0.05, 0) is 75.7 Å². The molecule has 2 nitrogen and oxygen atoms in total. The van der Waals surface area contributed by atoms with Crippen LogP contribution in [0, 0.1) is 17.8 Å². The van der Waals surface area contributed by atoms with Gasteiger partial charge in [0.2, 0.25) is 0 Å². The van der Waals surface area contributed by atoms with Crippen LogP contribution in [-0.2, 0) is 9.53 Å². The van der Waals surface area contributed by atoms with Crippen LogP contribution in [0.25, 0.3) is 0 Å². The van der Waals surface area contributed by atoms with Crippen LogP contribution in [0.3, 0.4) is 0 Å². The average molecular weight is 589 g/mol. The van der Waals surface area contributed by atoms with Crippen molar-refractivity contribution < 1.29 is 9.53 Å². The monoisotopic (exact) mass is 589 g/mol. The van der Waals surface area contributed by atoms with Gasteiger partial charge in [0.05, 0.1) is 0 Å². The van der Waals surface area contributed by atoms with E-state index in [1.54, 1.807) is 0 Å². The molecule has 0 aromatic rings. The lowest BCUT2D eigenvalue weighted by Crippen LogP contribution is -2.04. The maximum Gasteiger partial charge on any atom is 0.306 e. The molecule has 0 spiro atoms. The summed E-state index contributed by atoms with van der Waals surface area (Å²) in [7, 11) is 0. The molecule has 0 heterocycles. The predicted octanol–water partition coefficient (Wildman–Crippen LogP) is 13.7. The van der Waals surface area contributed by atoms with Gasteiger partial charge in [0, 0.05) is 6.42 Å². The van der Waals surface area contributed by atoms with Crippen molar-refractivity contribution in [3.05, 3.63) is 23.8 Å². The van der Waals surface area contributed by atoms with Crippen LogP contribution >= 0.6 is 0 Å². The Morgan fingerprint density at radius 1 is 0.571 bits per heavy atom. The Bertz CT molecular complexity index is 632. The van der Waals surface area contributed by atoms with Crippen molar-refractivity contribution >= 4 is 5.97 Å². The molecule has 2 atom stereocenters. The topological polar surface area (TPSA) is 26.3 Å². The minimum atomic E-state index is -0.0324. The lowest BCUT2D eigenvalue weighted by atomic mass is 9.91. The summed E-state index contributed by atoms with van der Waals surface area (Å²) in [6.07, 6.45) is 39.0. The molecular weight excluding hydrogens is 512 g/mol. The fraction of sp³-hybridized carbons (Fsp3) is 0.875. The molecule has 0 rings (SSSR count). The Morgan fingerprint density at radius 3 is 1.60 bits per heavy atom. The first-order valence-electron chi connectivity index (χ1n) is 18.8. The Kier molecular flexibility index (Phi) is 30.6. The number of esters is 1. The van der Waals surface area contributed by atoms with E-state index >= 15 is 0 Å². The fourth-order valence-corrected chi connectivity index (χ4v) is 5.85. The van der Waals surface area contributed by atoms with Gasteiger partial charge in [0.15, 0.2) is 0 Å². The summed E-state index contributed by atoms with van der Waals surface area (Å²) >= 11 is 0. The highest BCUT2D eigenvalue weighted by molar-refractivity contribution is 5.69. The van der Waals surface area contributed by atoms with Gasteiger partial charge in [-0.1, -0.05) is 161 Å². The van der Waals surface area contributed by atoms with Gasteiger partial charge in [-0.3, -0.25) is 4.79 Å². The van der Waals surface area contributed by atoms with Crippen LogP contribution in [0.15, 0.2) is 23.8 Å². The summed E-state index contributed by atoms with van der Waals surface area (Å²) in [6.45, 7) is 14.4. The molecule has 248 valence electrons. The molecule has 0 fully saturated rings. The van der Waals surface area contributed by atoms with E-state index in [4.69, 9.17) is 4.74 Å². The summed E-state index contributed by atoms with van der Waals surface area (Å²) in [5, 5.41) is 0. The third kappa shape index (κ3) is 31.9. The zero-order valence-corrected chi connectivity index (χ0v) is 29.7. The standard InChI is InChI=1S/C40H76O2/c1-7-8-9-10-11-12-13-14-15-16-17-18-19-20-21-22-23-33-40(41)42-35-34-39(6)32-26-31-38(5)30-25-29-37(4)28-24-27-36(2)3/h16-17,34,36-38H,7-15,18-33,35H2,1-6H3/b17-16-,39-34+/t37-,38-/m1/s1. The van der Waals surface area contributed by atoms with Crippen LogP contribution < -0.4 is 0 Å². The minimum Gasteiger partial charge on any atom is -0.461 e. The van der Waals surface area contributed by atoms with Gasteiger partial charge in [-0.15, -0.1) is 0 Å². The first-order valence-corrected chi connectivity index (χ1v) is 18.8. The van der Waals surface area contributed by atoms with Crippen molar-refractivity contribution in [2.24, 2.45) is 17.8 Å². The van der Waals surface area contributed by atoms with Crippen molar-refractivity contribution in [3.8, 4) is 0 Å². The van der Waals surface area contributed by atoms with E-state index in [-0.39, 0.29) is 5.97 Å². The number of ether oxygens (including phenoxy) is 1. The van der Waals surface area contributed by atoms with Crippen LogP contribution in [0.1, 0.15) is 202 Å². The quantitative estimate of drug-likeness (QED) is 0.0457. The molecule has 0 saturated heterocycles. The van der Waals surface area contributed by atoms with E-state index in [2.05, 4.69) is 59.8 Å². The first-order chi connectivity index (χ1) is 20.3. The third-order valence-corrected chi connectivity index (χ3v) is 8.96. The van der Waals surface area contributed by atoms with Crippen molar-refractivity contribution in [2.75, 3.05) is 6.61 Å². The zero-order chi connectivity index (χ0) is 31.1. The second-order valence-electron chi connectivity index (χ2n) is 14.1. The van der Waals surface area contributed by atoms with Gasteiger partial charge < -0.3 is 4.74 Å². The Balaban J connectivity index is 3.55. The molecular formula is C40H76O2. The summed E-state index contributed by atoms with van der Waals surface area (Å²) in [6, 6.07) is 0. The maximum absolute atomic E-state index is 12.1. The highest BCUT2D eigenvalue weighted by Gasteiger charge is 2.07. The lowest BCUT2D eigenvalue weighted by Gasteiger charge is -2.15. The second kappa shape index (κ2) is 31.4. The summed E-state index contributed by atoms with van der Waals surface area (Å²) < 4.78 is 5.46. The summed E-state index contributed by atoms with van der Waals surface area (Å²) in [5.74, 6) is 2.52. The number of unbranched alkanes of at least 4 members (excludes halogenated alkanes) is 13. The van der Waals surface area contributed by atoms with E-state index in [0.29, 0.717) is 13.0 Å². The average Bonchev–Trinajstić information content (AvgIpc) is 2.94. The normalized spacial score (nSPS) is 13.7. The summed E-state index contributed by atoms with van der Waals surface area (Å²) in [4.78, 5) is 12.1. The molecule has 0 radical (unpaired) electrons. The van der Waals surface area contributed by atoms with Gasteiger partial charge in [-0.2, -0.15) is 0 Å². The molecule has 0 aromatic heterocycles. The maximum atomic E-state index is 12.1. The molecule has 0 saturated carbocycles. The number of carbonyl (C=O) groups excluding carboxylic acids is 1. The van der Waals surface area contributed by atoms with Crippen LogP contribution in [0.2, 0.25) is 0 Å². The highest BCUT2D eigenvalue weighted by Crippen LogP contribution is 2.22. The second-order valence-corrected chi connectivity index (χ2v) is 14.1. The number of hydrogen-bond donors (Lipinski definition) is 0. The SMILES string of the molecule is CCCCCCCCCC/C=C\CCCCCCCC(=O)OC/C=C(\C)CCC[C@H](C)CCC[C@H](C)CCCC(C)C. The van der Waals surface area contributed by atoms with Gasteiger partial charge >= 0.3 is 5.97 Å². The Morgan fingerprint density at radius 2 is 1.05 bits per heavy atom. The minimum absolute atomic E-state index is 0.0324. The van der Waals surface area contributed by atoms with Crippen LogP contribution in [0.4, 0.5) is 0 Å². The number of hydrogen-bond acceptors (Lipinski definition) is 2. The van der Waals surface area contributed by atoms with E-state index in [9.17, 15) is 4.79 Å². The van der Waals surface area contributed by atoms with Crippen molar-refractivity contribution in [1.29, 1.82) is 0 Å². The molecule has 0 aliphatic rings.